The molecule has 1 aromatic rings. The van der Waals surface area contributed by atoms with Gasteiger partial charge in [0.25, 0.3) is 5.56 Å². The fourth-order valence-electron chi connectivity index (χ4n) is 3.18. The molecule has 5 nitrogen and oxygen atoms in total. The van der Waals surface area contributed by atoms with Gasteiger partial charge in [0.2, 0.25) is 0 Å². The summed E-state index contributed by atoms with van der Waals surface area (Å²) in [6, 6.07) is 0.200. The molecule has 116 valence electrons. The van der Waals surface area contributed by atoms with Gasteiger partial charge in [-0.2, -0.15) is 5.10 Å². The summed E-state index contributed by atoms with van der Waals surface area (Å²) < 4.78 is 1.58. The van der Waals surface area contributed by atoms with Crippen LogP contribution in [0.15, 0.2) is 11.0 Å². The number of aromatic nitrogens is 2. The first-order valence-electron chi connectivity index (χ1n) is 7.85. The summed E-state index contributed by atoms with van der Waals surface area (Å²) in [6.07, 6.45) is 7.23. The fourth-order valence-corrected chi connectivity index (χ4v) is 3.41. The van der Waals surface area contributed by atoms with Gasteiger partial charge in [-0.3, -0.25) is 4.79 Å². The molecule has 0 aromatic carbocycles. The van der Waals surface area contributed by atoms with Crippen molar-refractivity contribution < 1.29 is 0 Å². The smallest absolute Gasteiger partial charge is 0.291 e. The fraction of sp³-hybridized carbons (Fsp3) is 0.733. The van der Waals surface area contributed by atoms with E-state index in [1.807, 2.05) is 6.92 Å². The van der Waals surface area contributed by atoms with Gasteiger partial charge in [-0.15, -0.1) is 0 Å². The van der Waals surface area contributed by atoms with Crippen molar-refractivity contribution in [3.63, 3.8) is 0 Å². The van der Waals surface area contributed by atoms with Crippen LogP contribution in [0.5, 0.6) is 0 Å². The van der Waals surface area contributed by atoms with Gasteiger partial charge in [0.1, 0.15) is 5.69 Å². The largest absolute Gasteiger partial charge is 0.361 e. The van der Waals surface area contributed by atoms with E-state index in [1.165, 1.54) is 12.8 Å². The Morgan fingerprint density at radius 2 is 2.19 bits per heavy atom. The summed E-state index contributed by atoms with van der Waals surface area (Å²) in [6.45, 7) is 3.55. The normalized spacial score (nSPS) is 24.1. The van der Waals surface area contributed by atoms with Crippen molar-refractivity contribution in [3.8, 4) is 0 Å². The molecular formula is C15H23ClN4O. The molecule has 2 unspecified atom stereocenters. The second-order valence-electron chi connectivity index (χ2n) is 6.39. The first kappa shape index (κ1) is 14.9. The number of hydrogen-bond donors (Lipinski definition) is 1. The predicted octanol–water partition coefficient (Wildman–Crippen LogP) is 2.01. The first-order chi connectivity index (χ1) is 10.1. The van der Waals surface area contributed by atoms with Crippen LogP contribution in [0.4, 0.5) is 5.69 Å². The lowest BCUT2D eigenvalue weighted by Gasteiger charge is -2.39. The van der Waals surface area contributed by atoms with Crippen LogP contribution in [0.2, 0.25) is 5.02 Å². The number of piperidine rings is 1. The molecule has 1 saturated carbocycles. The molecule has 1 aromatic heterocycles. The number of halogens is 1. The van der Waals surface area contributed by atoms with Crippen LogP contribution >= 0.6 is 11.6 Å². The summed E-state index contributed by atoms with van der Waals surface area (Å²) in [4.78, 5) is 14.9. The topological polar surface area (TPSA) is 64.2 Å². The molecule has 21 heavy (non-hydrogen) atoms. The van der Waals surface area contributed by atoms with E-state index < -0.39 is 0 Å². The van der Waals surface area contributed by atoms with E-state index in [0.717, 1.165) is 25.8 Å². The quantitative estimate of drug-likeness (QED) is 0.924. The second-order valence-corrected chi connectivity index (χ2v) is 6.79. The molecule has 0 bridgehead atoms. The number of anilines is 1. The number of hydrogen-bond acceptors (Lipinski definition) is 4. The SMILES string of the molecule is CC(N)C1CCCCN1c1c(Cl)cnn(CC2CC2)c1=O. The summed E-state index contributed by atoms with van der Waals surface area (Å²) >= 11 is 6.30. The van der Waals surface area contributed by atoms with Crippen molar-refractivity contribution in [1.82, 2.24) is 9.78 Å². The Kier molecular flexibility index (Phi) is 4.22. The average Bonchev–Trinajstić information content (AvgIpc) is 3.26. The third-order valence-corrected chi connectivity index (χ3v) is 4.82. The molecule has 2 N–H and O–H groups in total. The molecule has 0 spiro atoms. The highest BCUT2D eigenvalue weighted by Gasteiger charge is 2.30. The van der Waals surface area contributed by atoms with E-state index in [-0.39, 0.29) is 17.6 Å². The zero-order valence-corrected chi connectivity index (χ0v) is 13.2. The van der Waals surface area contributed by atoms with E-state index >= 15 is 0 Å². The lowest BCUT2D eigenvalue weighted by Crippen LogP contribution is -2.51. The highest BCUT2D eigenvalue weighted by molar-refractivity contribution is 6.33. The maximum atomic E-state index is 12.8. The highest BCUT2D eigenvalue weighted by Crippen LogP contribution is 2.31. The lowest BCUT2D eigenvalue weighted by molar-refractivity contribution is 0.410. The molecule has 2 atom stereocenters. The Bertz CT molecular complexity index is 567. The molecule has 0 amide bonds. The van der Waals surface area contributed by atoms with Crippen molar-refractivity contribution in [2.45, 2.75) is 57.7 Å². The Morgan fingerprint density at radius 1 is 1.43 bits per heavy atom. The maximum Gasteiger partial charge on any atom is 0.291 e. The minimum atomic E-state index is -0.0676. The third-order valence-electron chi connectivity index (χ3n) is 4.55. The molecule has 2 fully saturated rings. The van der Waals surface area contributed by atoms with Crippen LogP contribution in [0, 0.1) is 5.92 Å². The standard InChI is InChI=1S/C15H23ClN4O/c1-10(17)13-4-2-3-7-19(13)14-12(16)8-18-20(15(14)21)9-11-5-6-11/h8,10-11,13H,2-7,9,17H2,1H3. The zero-order chi connectivity index (χ0) is 15.0. The lowest BCUT2D eigenvalue weighted by atomic mass is 9.96. The number of nitrogens with two attached hydrogens (primary N) is 1. The minimum absolute atomic E-state index is 0.0193. The summed E-state index contributed by atoms with van der Waals surface area (Å²) in [5.74, 6) is 0.606. The Hall–Kier alpha value is -1.07. The number of rotatable bonds is 4. The van der Waals surface area contributed by atoms with Gasteiger partial charge >= 0.3 is 0 Å². The van der Waals surface area contributed by atoms with E-state index in [4.69, 9.17) is 17.3 Å². The van der Waals surface area contributed by atoms with Crippen LogP contribution in [0.1, 0.15) is 39.0 Å². The van der Waals surface area contributed by atoms with Gasteiger partial charge < -0.3 is 10.6 Å². The van der Waals surface area contributed by atoms with Gasteiger partial charge in [0.05, 0.1) is 11.2 Å². The summed E-state index contributed by atoms with van der Waals surface area (Å²) in [7, 11) is 0. The van der Waals surface area contributed by atoms with Gasteiger partial charge in [-0.25, -0.2) is 4.68 Å². The van der Waals surface area contributed by atoms with Gasteiger partial charge in [-0.05, 0) is 44.9 Å². The van der Waals surface area contributed by atoms with E-state index in [2.05, 4.69) is 10.00 Å². The van der Waals surface area contributed by atoms with Crippen molar-refractivity contribution in [2.75, 3.05) is 11.4 Å². The molecule has 6 heteroatoms. The monoisotopic (exact) mass is 310 g/mol. The number of nitrogens with zero attached hydrogens (tertiary/aromatic N) is 3. The zero-order valence-electron chi connectivity index (χ0n) is 12.5. The van der Waals surface area contributed by atoms with Crippen LogP contribution in [0.25, 0.3) is 0 Å². The second kappa shape index (κ2) is 5.97. The van der Waals surface area contributed by atoms with Crippen LogP contribution in [-0.4, -0.2) is 28.4 Å². The molecule has 0 radical (unpaired) electrons. The summed E-state index contributed by atoms with van der Waals surface area (Å²) in [5, 5.41) is 4.64. The van der Waals surface area contributed by atoms with Crippen molar-refractivity contribution >= 4 is 17.3 Å². The van der Waals surface area contributed by atoms with Crippen molar-refractivity contribution in [1.29, 1.82) is 0 Å². The average molecular weight is 311 g/mol. The van der Waals surface area contributed by atoms with E-state index in [9.17, 15) is 4.79 Å². The molecule has 1 aliphatic heterocycles. The van der Waals surface area contributed by atoms with Gasteiger partial charge in [0, 0.05) is 25.2 Å². The van der Waals surface area contributed by atoms with Crippen LogP contribution in [0.3, 0.4) is 0 Å². The highest BCUT2D eigenvalue weighted by atomic mass is 35.5. The Morgan fingerprint density at radius 3 is 2.86 bits per heavy atom. The van der Waals surface area contributed by atoms with Gasteiger partial charge in [-0.1, -0.05) is 11.6 Å². The molecule has 1 saturated heterocycles. The van der Waals surface area contributed by atoms with Crippen LogP contribution in [-0.2, 0) is 6.54 Å². The predicted molar refractivity (Wildman–Crippen MR) is 84.9 cm³/mol. The Labute approximate surface area is 130 Å². The van der Waals surface area contributed by atoms with Crippen molar-refractivity contribution in [2.24, 2.45) is 11.7 Å². The van der Waals surface area contributed by atoms with E-state index in [0.29, 0.717) is 23.2 Å². The van der Waals surface area contributed by atoms with E-state index in [1.54, 1.807) is 10.9 Å². The molecule has 2 aliphatic rings. The minimum Gasteiger partial charge on any atom is -0.361 e. The van der Waals surface area contributed by atoms with Crippen molar-refractivity contribution in [3.05, 3.63) is 21.6 Å². The Balaban J connectivity index is 1.96. The first-order valence-corrected chi connectivity index (χ1v) is 8.23. The molecular weight excluding hydrogens is 288 g/mol. The maximum absolute atomic E-state index is 12.8. The molecule has 3 rings (SSSR count). The summed E-state index contributed by atoms with van der Waals surface area (Å²) in [5.41, 5.74) is 6.64. The van der Waals surface area contributed by atoms with Crippen LogP contribution < -0.4 is 16.2 Å². The molecule has 2 heterocycles. The third kappa shape index (κ3) is 3.09. The van der Waals surface area contributed by atoms with Gasteiger partial charge in [0.15, 0.2) is 0 Å². The molecule has 1 aliphatic carbocycles.